The van der Waals surface area contributed by atoms with Crippen molar-refractivity contribution < 1.29 is 24.9 Å². The topological polar surface area (TPSA) is 169 Å². The molecule has 1 amide bonds. The van der Waals surface area contributed by atoms with E-state index in [1.807, 2.05) is 30.5 Å². The number of aliphatic hydroxyl groups is 3. The van der Waals surface area contributed by atoms with E-state index in [-0.39, 0.29) is 83.0 Å². The second-order valence-corrected chi connectivity index (χ2v) is 17.6. The van der Waals surface area contributed by atoms with Crippen LogP contribution in [0.4, 0.5) is 0 Å². The summed E-state index contributed by atoms with van der Waals surface area (Å²) in [5, 5.41) is 36.8. The Bertz CT molecular complexity index is 1940. The van der Waals surface area contributed by atoms with E-state index < -0.39 is 23.5 Å². The van der Waals surface area contributed by atoms with Crippen LogP contribution in [0, 0.1) is 60.2 Å². The largest absolute Gasteiger partial charge is 0.393 e. The van der Waals surface area contributed by atoms with E-state index in [2.05, 4.69) is 36.1 Å². The van der Waals surface area contributed by atoms with Crippen molar-refractivity contribution in [1.29, 1.82) is 0 Å². The van der Waals surface area contributed by atoms with Gasteiger partial charge in [0.15, 0.2) is 11.5 Å². The smallest absolute Gasteiger partial charge is 0.352 e. The minimum Gasteiger partial charge on any atom is -0.393 e. The van der Waals surface area contributed by atoms with Gasteiger partial charge in [0.25, 0.3) is 5.56 Å². The number of amides is 1. The quantitative estimate of drug-likeness (QED) is 0.227. The van der Waals surface area contributed by atoms with Gasteiger partial charge in [0.1, 0.15) is 0 Å². The van der Waals surface area contributed by atoms with Crippen molar-refractivity contribution in [3.05, 3.63) is 44.1 Å². The van der Waals surface area contributed by atoms with Gasteiger partial charge in [-0.25, -0.2) is 9.78 Å². The summed E-state index contributed by atoms with van der Waals surface area (Å²) in [4.78, 5) is 48.9. The Balaban J connectivity index is 0.997. The number of hydrogen-bond donors (Lipinski definition) is 4. The van der Waals surface area contributed by atoms with Gasteiger partial charge in [-0.15, -0.1) is 0 Å². The maximum Gasteiger partial charge on any atom is 0.352 e. The lowest BCUT2D eigenvalue weighted by Gasteiger charge is -2.63. The highest BCUT2D eigenvalue weighted by Crippen LogP contribution is 2.68. The van der Waals surface area contributed by atoms with Crippen LogP contribution in [0.5, 0.6) is 0 Å². The number of fused-ring (bicyclic) bond motifs is 7. The molecule has 12 heteroatoms. The number of rotatable bonds is 10. The number of hydrogen-bond acceptors (Lipinski definition) is 9. The second-order valence-electron chi connectivity index (χ2n) is 17.6. The minimum atomic E-state index is -0.687. The first kappa shape index (κ1) is 38.1. The zero-order valence-electron chi connectivity index (χ0n) is 32.3. The monoisotopic (exact) mass is 733 g/mol. The number of benzene rings is 1. The van der Waals surface area contributed by atoms with E-state index in [0.717, 1.165) is 59.7 Å². The number of carbonyl (C=O) groups is 1. The van der Waals surface area contributed by atoms with Crippen molar-refractivity contribution in [2.45, 2.75) is 124 Å². The van der Waals surface area contributed by atoms with Gasteiger partial charge < -0.3 is 29.9 Å². The van der Waals surface area contributed by atoms with Gasteiger partial charge in [-0.3, -0.25) is 14.2 Å². The highest BCUT2D eigenvalue weighted by molar-refractivity contribution is 5.81. The van der Waals surface area contributed by atoms with E-state index in [4.69, 9.17) is 4.74 Å². The average molecular weight is 734 g/mol. The fourth-order valence-electron chi connectivity index (χ4n) is 11.8. The SMILES string of the molecule is COCCn1c2nc(=O)n(CCNC(=O)CC[C@@H](C)[C@H]3CC[C@H]4[C@@H]5[C@H](O)C[C@@H]6C[C@H](O)CC[C@]6(C)[C@H]5C[C@H](O)[C@]34C)c(=O)c-2nc2cc(C)c(C)cc21. The molecule has 6 aliphatic rings. The zero-order chi connectivity index (χ0) is 38.0. The van der Waals surface area contributed by atoms with E-state index >= 15 is 0 Å². The van der Waals surface area contributed by atoms with Crippen molar-refractivity contribution >= 4 is 16.9 Å². The number of nitrogens with one attached hydrogen (secondary N) is 1. The van der Waals surface area contributed by atoms with Crippen molar-refractivity contribution in [1.82, 2.24) is 24.4 Å². The van der Waals surface area contributed by atoms with Crippen LogP contribution in [-0.4, -0.2) is 78.9 Å². The summed E-state index contributed by atoms with van der Waals surface area (Å²) < 4.78 is 8.16. The molecule has 290 valence electrons. The van der Waals surface area contributed by atoms with E-state index in [1.165, 1.54) is 0 Å². The molecule has 0 unspecified atom stereocenters. The summed E-state index contributed by atoms with van der Waals surface area (Å²) in [6.45, 7) is 11.6. The number of carbonyl (C=O) groups excluding carboxylic acids is 1. The molecule has 2 aliphatic heterocycles. The fourth-order valence-corrected chi connectivity index (χ4v) is 11.8. The first-order valence-electron chi connectivity index (χ1n) is 19.9. The van der Waals surface area contributed by atoms with Gasteiger partial charge in [0.05, 0.1) is 36.0 Å². The molecule has 0 saturated heterocycles. The summed E-state index contributed by atoms with van der Waals surface area (Å²) in [5.74, 6) is 1.40. The minimum absolute atomic E-state index is 0.0230. The molecule has 0 radical (unpaired) electrons. The molecule has 0 aromatic heterocycles. The number of aliphatic hydroxyl groups excluding tert-OH is 3. The Hall–Kier alpha value is -3.19. The third-order valence-electron chi connectivity index (χ3n) is 15.0. The Labute approximate surface area is 311 Å². The molecule has 4 saturated carbocycles. The number of ether oxygens (including phenoxy) is 1. The number of aryl methyl sites for hydroxylation is 2. The van der Waals surface area contributed by atoms with Crippen molar-refractivity contribution in [2.75, 3.05) is 20.3 Å². The van der Waals surface area contributed by atoms with E-state index in [9.17, 15) is 29.7 Å². The van der Waals surface area contributed by atoms with E-state index in [1.54, 1.807) is 7.11 Å². The predicted octanol–water partition coefficient (Wildman–Crippen LogP) is 3.82. The Kier molecular flexibility index (Phi) is 10.4. The van der Waals surface area contributed by atoms with Crippen LogP contribution in [-0.2, 0) is 22.6 Å². The standard InChI is InChI=1S/C41H59N5O7/c1-22(27-8-9-28-35-29(21-33(49)41(27,28)5)40(4)12-11-26(47)19-25(40)20-32(35)48)7-10-34(50)42-13-14-46-38(51)36-37(44-39(46)52)45(15-16-53-6)31-18-24(3)23(2)17-30(31)43-36/h17-18,22,25-29,32-33,35,47-49H,7-16,19-21H2,1-6H3,(H,42,50)/t22-,25+,26-,27-,28+,29+,32-,33+,35+,40+,41-/m1/s1. The first-order chi connectivity index (χ1) is 25.2. The first-order valence-corrected chi connectivity index (χ1v) is 19.9. The van der Waals surface area contributed by atoms with E-state index in [0.29, 0.717) is 37.9 Å². The molecule has 2 heterocycles. The second kappa shape index (κ2) is 14.5. The number of aromatic nitrogens is 4. The van der Waals surface area contributed by atoms with Crippen LogP contribution in [0.25, 0.3) is 22.6 Å². The maximum absolute atomic E-state index is 13.6. The lowest BCUT2D eigenvalue weighted by atomic mass is 9.43. The molecular weight excluding hydrogens is 674 g/mol. The van der Waals surface area contributed by atoms with Gasteiger partial charge in [0.2, 0.25) is 5.91 Å². The number of methoxy groups -OCH3 is 1. The number of nitrogens with zero attached hydrogens (tertiary/aromatic N) is 4. The molecule has 0 bridgehead atoms. The van der Waals surface area contributed by atoms with Crippen LogP contribution in [0.15, 0.2) is 21.7 Å². The summed E-state index contributed by atoms with van der Waals surface area (Å²) in [6.07, 6.45) is 5.61. The fraction of sp³-hybridized carbons (Fsp3) is 0.732. The predicted molar refractivity (Wildman–Crippen MR) is 201 cm³/mol. The van der Waals surface area contributed by atoms with Gasteiger partial charge in [-0.05, 0) is 135 Å². The highest BCUT2D eigenvalue weighted by Gasteiger charge is 2.65. The molecule has 4 N–H and O–H groups in total. The zero-order valence-corrected chi connectivity index (χ0v) is 32.3. The van der Waals surface area contributed by atoms with Gasteiger partial charge >= 0.3 is 5.69 Å². The van der Waals surface area contributed by atoms with Gasteiger partial charge in [0, 0.05) is 33.2 Å². The molecule has 0 spiro atoms. The van der Waals surface area contributed by atoms with Crippen LogP contribution in [0.3, 0.4) is 0 Å². The van der Waals surface area contributed by atoms with Crippen LogP contribution in [0.1, 0.15) is 89.7 Å². The van der Waals surface area contributed by atoms with Crippen molar-refractivity contribution in [3.63, 3.8) is 0 Å². The summed E-state index contributed by atoms with van der Waals surface area (Å²) >= 11 is 0. The molecule has 11 atom stereocenters. The molecule has 7 rings (SSSR count). The third-order valence-corrected chi connectivity index (χ3v) is 15.0. The lowest BCUT2D eigenvalue weighted by Crippen LogP contribution is -2.62. The summed E-state index contributed by atoms with van der Waals surface area (Å²) in [5.41, 5.74) is 2.07. The molecule has 4 fully saturated rings. The molecule has 53 heavy (non-hydrogen) atoms. The summed E-state index contributed by atoms with van der Waals surface area (Å²) in [7, 11) is 1.59. The van der Waals surface area contributed by atoms with Crippen LogP contribution >= 0.6 is 0 Å². The molecule has 4 aliphatic carbocycles. The molecule has 1 aromatic carbocycles. The van der Waals surface area contributed by atoms with Crippen molar-refractivity contribution in [2.24, 2.45) is 46.3 Å². The Morgan fingerprint density at radius 1 is 1.00 bits per heavy atom. The maximum atomic E-state index is 13.6. The normalized spacial score (nSPS) is 34.4. The summed E-state index contributed by atoms with van der Waals surface area (Å²) in [6, 6.07) is 3.91. The van der Waals surface area contributed by atoms with Crippen LogP contribution < -0.4 is 16.6 Å². The Morgan fingerprint density at radius 2 is 1.75 bits per heavy atom. The molecule has 12 nitrogen and oxygen atoms in total. The van der Waals surface area contributed by atoms with Gasteiger partial charge in [-0.1, -0.05) is 20.8 Å². The highest BCUT2D eigenvalue weighted by atomic mass is 16.5. The molecular formula is C41H59N5O7. The Morgan fingerprint density at radius 3 is 2.51 bits per heavy atom. The third kappa shape index (κ3) is 6.45. The average Bonchev–Trinajstić information content (AvgIpc) is 3.47. The van der Waals surface area contributed by atoms with Gasteiger partial charge in [-0.2, -0.15) is 4.98 Å². The van der Waals surface area contributed by atoms with Crippen molar-refractivity contribution in [3.8, 4) is 11.5 Å². The lowest BCUT2D eigenvalue weighted by molar-refractivity contribution is -0.207. The molecule has 1 aromatic rings. The van der Waals surface area contributed by atoms with Crippen LogP contribution in [0.2, 0.25) is 0 Å².